The fourth-order valence-electron chi connectivity index (χ4n) is 4.51. The largest absolute Gasteiger partial charge is 0.506 e. The fourth-order valence-corrected chi connectivity index (χ4v) is 6.16. The van der Waals surface area contributed by atoms with Gasteiger partial charge in [-0.3, -0.25) is 14.3 Å². The van der Waals surface area contributed by atoms with Gasteiger partial charge in [-0.05, 0) is 48.6 Å². The Morgan fingerprint density at radius 3 is 2.91 bits per heavy atom. The van der Waals surface area contributed by atoms with E-state index in [0.29, 0.717) is 46.3 Å². The molecule has 2 aromatic carbocycles. The van der Waals surface area contributed by atoms with E-state index in [2.05, 4.69) is 16.4 Å². The van der Waals surface area contributed by atoms with Gasteiger partial charge >= 0.3 is 0 Å². The van der Waals surface area contributed by atoms with Crippen molar-refractivity contribution in [3.8, 4) is 22.9 Å². The predicted octanol–water partition coefficient (Wildman–Crippen LogP) is 5.12. The number of hydrogen-bond acceptors (Lipinski definition) is 8. The number of hydrogen-bond donors (Lipinski definition) is 2. The first-order valence-electron chi connectivity index (χ1n) is 11.6. The van der Waals surface area contributed by atoms with Crippen molar-refractivity contribution >= 4 is 43.0 Å². The summed E-state index contributed by atoms with van der Waals surface area (Å²) in [5, 5.41) is 15.1. The fraction of sp³-hybridized carbons (Fsp3) is 0.269. The Morgan fingerprint density at radius 2 is 2.14 bits per heavy atom. The van der Waals surface area contributed by atoms with Crippen molar-refractivity contribution in [2.75, 3.05) is 13.7 Å². The Balaban J connectivity index is 1.49. The maximum absolute atomic E-state index is 13.9. The molecule has 35 heavy (non-hydrogen) atoms. The number of nitrogens with zero attached hydrogens (tertiary/aromatic N) is 3. The van der Waals surface area contributed by atoms with Crippen LogP contribution in [0.25, 0.3) is 31.7 Å². The van der Waals surface area contributed by atoms with E-state index >= 15 is 0 Å². The molecule has 0 spiro atoms. The lowest BCUT2D eigenvalue weighted by Gasteiger charge is -2.16. The van der Waals surface area contributed by atoms with Gasteiger partial charge in [0.1, 0.15) is 22.2 Å². The van der Waals surface area contributed by atoms with E-state index in [4.69, 9.17) is 9.72 Å². The van der Waals surface area contributed by atoms with Crippen LogP contribution in [0.3, 0.4) is 0 Å². The molecule has 3 aromatic heterocycles. The molecule has 9 heteroatoms. The molecule has 0 radical (unpaired) electrons. The van der Waals surface area contributed by atoms with Crippen molar-refractivity contribution in [3.63, 3.8) is 0 Å². The molecule has 1 aliphatic carbocycles. The zero-order valence-electron chi connectivity index (χ0n) is 19.2. The zero-order chi connectivity index (χ0) is 23.9. The molecule has 0 aliphatic heterocycles. The van der Waals surface area contributed by atoms with Gasteiger partial charge in [-0.25, -0.2) is 4.98 Å². The molecule has 7 nitrogen and oxygen atoms in total. The van der Waals surface area contributed by atoms with Gasteiger partial charge in [-0.2, -0.15) is 0 Å². The van der Waals surface area contributed by atoms with E-state index in [1.54, 1.807) is 35.1 Å². The lowest BCUT2D eigenvalue weighted by atomic mass is 10.0. The molecule has 1 fully saturated rings. The van der Waals surface area contributed by atoms with Crippen molar-refractivity contribution < 1.29 is 9.84 Å². The smallest absolute Gasteiger partial charge is 0.263 e. The molecule has 3 heterocycles. The Hall–Kier alpha value is -3.27. The maximum Gasteiger partial charge on any atom is 0.263 e. The average Bonchev–Trinajstić information content (AvgIpc) is 3.44. The van der Waals surface area contributed by atoms with Crippen molar-refractivity contribution in [2.24, 2.45) is 0 Å². The van der Waals surface area contributed by atoms with Crippen LogP contribution in [-0.4, -0.2) is 33.3 Å². The van der Waals surface area contributed by atoms with Crippen LogP contribution >= 0.6 is 22.7 Å². The van der Waals surface area contributed by atoms with Gasteiger partial charge in [-0.1, -0.05) is 12.1 Å². The Bertz CT molecular complexity index is 1590. The SMILES string of the molecule is COc1ccc(-c2nc3sc4c(O)cccc4c3c(=O)n2CCNCc2cncs2)c(C2CC2)c1. The Kier molecular flexibility index (Phi) is 5.75. The molecule has 1 saturated carbocycles. The van der Waals surface area contributed by atoms with E-state index < -0.39 is 0 Å². The highest BCUT2D eigenvalue weighted by molar-refractivity contribution is 7.25. The Morgan fingerprint density at radius 1 is 1.26 bits per heavy atom. The third-order valence-corrected chi connectivity index (χ3v) is 8.31. The highest BCUT2D eigenvalue weighted by atomic mass is 32.1. The van der Waals surface area contributed by atoms with Crippen LogP contribution in [-0.2, 0) is 13.1 Å². The molecule has 178 valence electrons. The van der Waals surface area contributed by atoms with Gasteiger partial charge < -0.3 is 15.2 Å². The number of methoxy groups -OCH3 is 1. The van der Waals surface area contributed by atoms with Crippen molar-refractivity contribution in [2.45, 2.75) is 31.8 Å². The summed E-state index contributed by atoms with van der Waals surface area (Å²) >= 11 is 2.97. The van der Waals surface area contributed by atoms with Crippen LogP contribution < -0.4 is 15.6 Å². The van der Waals surface area contributed by atoms with Gasteiger partial charge in [0.15, 0.2) is 0 Å². The third-order valence-electron chi connectivity index (χ3n) is 6.41. The van der Waals surface area contributed by atoms with Gasteiger partial charge in [-0.15, -0.1) is 22.7 Å². The summed E-state index contributed by atoms with van der Waals surface area (Å²) in [5.41, 5.74) is 3.87. The summed E-state index contributed by atoms with van der Waals surface area (Å²) < 4.78 is 7.96. The highest BCUT2D eigenvalue weighted by Gasteiger charge is 2.29. The molecule has 6 rings (SSSR count). The van der Waals surface area contributed by atoms with Crippen molar-refractivity contribution in [1.29, 1.82) is 0 Å². The molecular formula is C26H24N4O3S2. The van der Waals surface area contributed by atoms with Gasteiger partial charge in [0, 0.05) is 41.7 Å². The molecular weight excluding hydrogens is 480 g/mol. The predicted molar refractivity (Wildman–Crippen MR) is 141 cm³/mol. The first-order valence-corrected chi connectivity index (χ1v) is 13.2. The second-order valence-electron chi connectivity index (χ2n) is 8.70. The van der Waals surface area contributed by atoms with Crippen LogP contribution in [0.4, 0.5) is 0 Å². The molecule has 0 bridgehead atoms. The first-order chi connectivity index (χ1) is 17.1. The van der Waals surface area contributed by atoms with Crippen LogP contribution in [0.15, 0.2) is 52.9 Å². The van der Waals surface area contributed by atoms with Crippen LogP contribution in [0.2, 0.25) is 0 Å². The minimum Gasteiger partial charge on any atom is -0.506 e. The number of rotatable bonds is 8. The lowest BCUT2D eigenvalue weighted by molar-refractivity contribution is 0.414. The molecule has 0 atom stereocenters. The summed E-state index contributed by atoms with van der Waals surface area (Å²) in [6.45, 7) is 1.79. The second kappa shape index (κ2) is 9.07. The molecule has 0 unspecified atom stereocenters. The minimum atomic E-state index is -0.0843. The normalized spacial score (nSPS) is 13.6. The second-order valence-corrected chi connectivity index (χ2v) is 10.7. The number of phenols is 1. The van der Waals surface area contributed by atoms with E-state index in [-0.39, 0.29) is 11.3 Å². The molecule has 5 aromatic rings. The zero-order valence-corrected chi connectivity index (χ0v) is 20.8. The summed E-state index contributed by atoms with van der Waals surface area (Å²) in [7, 11) is 1.67. The average molecular weight is 505 g/mol. The number of ether oxygens (including phenoxy) is 1. The van der Waals surface area contributed by atoms with Gasteiger partial charge in [0.05, 0.1) is 22.7 Å². The summed E-state index contributed by atoms with van der Waals surface area (Å²) in [4.78, 5) is 24.9. The van der Waals surface area contributed by atoms with Crippen LogP contribution in [0.5, 0.6) is 11.5 Å². The Labute approximate surface area is 209 Å². The number of nitrogens with one attached hydrogen (secondary N) is 1. The van der Waals surface area contributed by atoms with E-state index in [0.717, 1.165) is 34.4 Å². The topological polar surface area (TPSA) is 89.3 Å². The quantitative estimate of drug-likeness (QED) is 0.285. The number of fused-ring (bicyclic) bond motifs is 3. The maximum atomic E-state index is 13.9. The summed E-state index contributed by atoms with van der Waals surface area (Å²) in [6, 6.07) is 11.3. The number of phenolic OH excluding ortho intramolecular Hbond substituents is 1. The van der Waals surface area contributed by atoms with Crippen LogP contribution in [0.1, 0.15) is 29.2 Å². The number of aromatic nitrogens is 3. The van der Waals surface area contributed by atoms with E-state index in [1.807, 2.05) is 29.9 Å². The molecule has 1 aliphatic rings. The van der Waals surface area contributed by atoms with E-state index in [9.17, 15) is 9.90 Å². The van der Waals surface area contributed by atoms with Gasteiger partial charge in [0.2, 0.25) is 0 Å². The summed E-state index contributed by atoms with van der Waals surface area (Å²) in [6.07, 6.45) is 4.10. The number of thiazole rings is 1. The molecule has 0 saturated heterocycles. The molecule has 0 amide bonds. The lowest BCUT2D eigenvalue weighted by Crippen LogP contribution is -2.29. The molecule has 2 N–H and O–H groups in total. The third kappa shape index (κ3) is 4.09. The van der Waals surface area contributed by atoms with Crippen molar-refractivity contribution in [3.05, 3.63) is 68.9 Å². The number of aromatic hydroxyl groups is 1. The monoisotopic (exact) mass is 504 g/mol. The van der Waals surface area contributed by atoms with Crippen LogP contribution in [0, 0.1) is 0 Å². The first kappa shape index (κ1) is 22.2. The number of benzene rings is 2. The van der Waals surface area contributed by atoms with Gasteiger partial charge in [0.25, 0.3) is 5.56 Å². The van der Waals surface area contributed by atoms with Crippen molar-refractivity contribution in [1.82, 2.24) is 19.9 Å². The minimum absolute atomic E-state index is 0.0843. The number of thiophene rings is 1. The highest BCUT2D eigenvalue weighted by Crippen LogP contribution is 2.46. The standard InChI is InChI=1S/C26H24N4O3S2/c1-33-16-7-8-18(20(11-16)15-5-6-15)24-29-25-22(19-3-2-4-21(31)23(19)35-25)26(32)30(24)10-9-27-12-17-13-28-14-34-17/h2-4,7-8,11,13-15,27,31H,5-6,9-10,12H2,1H3. The van der Waals surface area contributed by atoms with E-state index in [1.165, 1.54) is 16.9 Å². The summed E-state index contributed by atoms with van der Waals surface area (Å²) in [5.74, 6) is 2.10.